The van der Waals surface area contributed by atoms with Crippen molar-refractivity contribution in [2.24, 2.45) is 5.73 Å². The molecule has 0 unspecified atom stereocenters. The quantitative estimate of drug-likeness (QED) is 0.816. The Morgan fingerprint density at radius 2 is 2.33 bits per heavy atom. The predicted molar refractivity (Wildman–Crippen MR) is 59.5 cm³/mol. The molecule has 15 heavy (non-hydrogen) atoms. The Kier molecular flexibility index (Phi) is 2.70. The van der Waals surface area contributed by atoms with Crippen LogP contribution >= 0.6 is 11.6 Å². The van der Waals surface area contributed by atoms with Crippen molar-refractivity contribution in [3.05, 3.63) is 34.7 Å². The smallest absolute Gasteiger partial charge is 0.111 e. The Balaban J connectivity index is 2.49. The molecule has 2 heterocycles. The van der Waals surface area contributed by atoms with Crippen LogP contribution in [-0.4, -0.2) is 15.2 Å². The van der Waals surface area contributed by atoms with Gasteiger partial charge in [0.05, 0.1) is 16.4 Å². The van der Waals surface area contributed by atoms with Gasteiger partial charge in [-0.3, -0.25) is 10.1 Å². The van der Waals surface area contributed by atoms with Gasteiger partial charge in [0.25, 0.3) is 0 Å². The van der Waals surface area contributed by atoms with Crippen LogP contribution in [0.3, 0.4) is 0 Å². The first-order chi connectivity index (χ1) is 7.22. The van der Waals surface area contributed by atoms with Crippen molar-refractivity contribution in [2.75, 3.05) is 0 Å². The van der Waals surface area contributed by atoms with Crippen LogP contribution in [0, 0.1) is 6.92 Å². The van der Waals surface area contributed by atoms with Crippen molar-refractivity contribution >= 4 is 11.6 Å². The number of aryl methyl sites for hydroxylation is 1. The lowest BCUT2D eigenvalue weighted by atomic mass is 10.1. The van der Waals surface area contributed by atoms with Crippen LogP contribution < -0.4 is 5.73 Å². The number of aromatic amines is 1. The maximum absolute atomic E-state index is 6.09. The minimum Gasteiger partial charge on any atom is -0.325 e. The highest BCUT2D eigenvalue weighted by Crippen LogP contribution is 2.27. The highest BCUT2D eigenvalue weighted by Gasteiger charge is 2.10. The third-order valence-electron chi connectivity index (χ3n) is 2.17. The summed E-state index contributed by atoms with van der Waals surface area (Å²) in [7, 11) is 0. The topological polar surface area (TPSA) is 67.6 Å². The van der Waals surface area contributed by atoms with Gasteiger partial charge < -0.3 is 5.73 Å². The van der Waals surface area contributed by atoms with E-state index in [9.17, 15) is 0 Å². The number of rotatable bonds is 2. The van der Waals surface area contributed by atoms with Crippen LogP contribution in [0.2, 0.25) is 5.02 Å². The van der Waals surface area contributed by atoms with Crippen molar-refractivity contribution < 1.29 is 0 Å². The fourth-order valence-electron chi connectivity index (χ4n) is 1.34. The number of nitrogens with zero attached hydrogens (tertiary/aromatic N) is 2. The number of halogens is 1. The Bertz CT molecular complexity index is 478. The summed E-state index contributed by atoms with van der Waals surface area (Å²) in [6.45, 7) is 2.29. The van der Waals surface area contributed by atoms with Crippen LogP contribution in [0.1, 0.15) is 11.4 Å². The van der Waals surface area contributed by atoms with E-state index in [1.807, 2.05) is 19.1 Å². The molecular weight excluding hydrogens is 212 g/mol. The molecule has 0 saturated heterocycles. The molecule has 0 aromatic carbocycles. The summed E-state index contributed by atoms with van der Waals surface area (Å²) >= 11 is 6.09. The second-order valence-corrected chi connectivity index (χ2v) is 3.63. The highest BCUT2D eigenvalue weighted by molar-refractivity contribution is 6.33. The number of hydrogen-bond acceptors (Lipinski definition) is 3. The van der Waals surface area contributed by atoms with Gasteiger partial charge in [-0.05, 0) is 19.1 Å². The minimum absolute atomic E-state index is 0.412. The molecule has 4 nitrogen and oxygen atoms in total. The van der Waals surface area contributed by atoms with E-state index in [0.717, 1.165) is 22.6 Å². The van der Waals surface area contributed by atoms with Crippen LogP contribution in [0.4, 0.5) is 0 Å². The van der Waals surface area contributed by atoms with E-state index in [-0.39, 0.29) is 0 Å². The van der Waals surface area contributed by atoms with Gasteiger partial charge in [0.1, 0.15) is 5.69 Å². The molecule has 78 valence electrons. The van der Waals surface area contributed by atoms with Gasteiger partial charge in [0.15, 0.2) is 0 Å². The van der Waals surface area contributed by atoms with E-state index in [4.69, 9.17) is 17.3 Å². The molecule has 0 fully saturated rings. The summed E-state index contributed by atoms with van der Waals surface area (Å²) in [6, 6.07) is 3.75. The van der Waals surface area contributed by atoms with Gasteiger partial charge in [0.2, 0.25) is 0 Å². The number of H-pyrrole nitrogens is 1. The van der Waals surface area contributed by atoms with E-state index in [1.165, 1.54) is 0 Å². The lowest BCUT2D eigenvalue weighted by Crippen LogP contribution is -1.99. The van der Waals surface area contributed by atoms with Crippen molar-refractivity contribution in [3.8, 4) is 11.3 Å². The third kappa shape index (κ3) is 1.86. The molecule has 0 spiro atoms. The molecule has 0 aliphatic rings. The normalized spacial score (nSPS) is 10.6. The van der Waals surface area contributed by atoms with E-state index >= 15 is 0 Å². The predicted octanol–water partition coefficient (Wildman–Crippen LogP) is 1.89. The molecule has 0 bridgehead atoms. The molecule has 0 saturated carbocycles. The summed E-state index contributed by atoms with van der Waals surface area (Å²) in [4.78, 5) is 4.11. The second kappa shape index (κ2) is 4.00. The van der Waals surface area contributed by atoms with Crippen molar-refractivity contribution in [1.29, 1.82) is 0 Å². The average molecular weight is 223 g/mol. The molecule has 0 radical (unpaired) electrons. The molecule has 3 N–H and O–H groups in total. The van der Waals surface area contributed by atoms with E-state index in [2.05, 4.69) is 15.2 Å². The van der Waals surface area contributed by atoms with Crippen LogP contribution in [0.5, 0.6) is 0 Å². The number of pyridine rings is 1. The number of hydrogen-bond donors (Lipinski definition) is 2. The first kappa shape index (κ1) is 10.1. The number of aromatic nitrogens is 3. The maximum atomic E-state index is 6.09. The van der Waals surface area contributed by atoms with E-state index in [1.54, 1.807) is 6.20 Å². The lowest BCUT2D eigenvalue weighted by Gasteiger charge is -2.00. The zero-order valence-corrected chi connectivity index (χ0v) is 9.04. The summed E-state index contributed by atoms with van der Waals surface area (Å²) in [5.74, 6) is 0. The van der Waals surface area contributed by atoms with Crippen LogP contribution in [0.15, 0.2) is 18.3 Å². The number of nitrogens with two attached hydrogens (primary N) is 1. The van der Waals surface area contributed by atoms with Gasteiger partial charge in [-0.25, -0.2) is 0 Å². The monoisotopic (exact) mass is 222 g/mol. The van der Waals surface area contributed by atoms with Gasteiger partial charge in [-0.2, -0.15) is 5.10 Å². The molecular formula is C10H11ClN4. The minimum atomic E-state index is 0.412. The summed E-state index contributed by atoms with van der Waals surface area (Å²) in [5.41, 5.74) is 8.87. The molecule has 5 heteroatoms. The fourth-order valence-corrected chi connectivity index (χ4v) is 1.54. The van der Waals surface area contributed by atoms with E-state index < -0.39 is 0 Å². The van der Waals surface area contributed by atoms with Crippen molar-refractivity contribution in [3.63, 3.8) is 0 Å². The first-order valence-electron chi connectivity index (χ1n) is 4.58. The first-order valence-corrected chi connectivity index (χ1v) is 4.96. The largest absolute Gasteiger partial charge is 0.325 e. The fraction of sp³-hybridized carbons (Fsp3) is 0.200. The zero-order valence-electron chi connectivity index (χ0n) is 8.29. The maximum Gasteiger partial charge on any atom is 0.111 e. The molecule has 2 aromatic rings. The molecule has 0 amide bonds. The van der Waals surface area contributed by atoms with Crippen molar-refractivity contribution in [2.45, 2.75) is 13.5 Å². The number of nitrogens with one attached hydrogen (secondary N) is 1. The van der Waals surface area contributed by atoms with Gasteiger partial charge >= 0.3 is 0 Å². The average Bonchev–Trinajstić information content (AvgIpc) is 2.60. The SMILES string of the molecule is Cc1[nH]nc(-c2ccnc(CN)c2)c1Cl. The Morgan fingerprint density at radius 3 is 2.93 bits per heavy atom. The molecule has 0 aliphatic carbocycles. The summed E-state index contributed by atoms with van der Waals surface area (Å²) in [5, 5.41) is 7.62. The van der Waals surface area contributed by atoms with Crippen LogP contribution in [-0.2, 0) is 6.54 Å². The van der Waals surface area contributed by atoms with Crippen LogP contribution in [0.25, 0.3) is 11.3 Å². The summed E-state index contributed by atoms with van der Waals surface area (Å²) < 4.78 is 0. The molecule has 0 aliphatic heterocycles. The van der Waals surface area contributed by atoms with Crippen molar-refractivity contribution in [1.82, 2.24) is 15.2 Å². The summed E-state index contributed by atoms with van der Waals surface area (Å²) in [6.07, 6.45) is 1.71. The molecule has 2 aromatic heterocycles. The third-order valence-corrected chi connectivity index (χ3v) is 2.63. The second-order valence-electron chi connectivity index (χ2n) is 3.25. The Hall–Kier alpha value is -1.39. The molecule has 0 atom stereocenters. The molecule has 2 rings (SSSR count). The van der Waals surface area contributed by atoms with Gasteiger partial charge in [-0.15, -0.1) is 0 Å². The standard InChI is InChI=1S/C10H11ClN4/c1-6-9(11)10(15-14-6)7-2-3-13-8(4-7)5-12/h2-4H,5,12H2,1H3,(H,14,15). The van der Waals surface area contributed by atoms with E-state index in [0.29, 0.717) is 11.6 Å². The highest BCUT2D eigenvalue weighted by atomic mass is 35.5. The lowest BCUT2D eigenvalue weighted by molar-refractivity contribution is 0.989. The Morgan fingerprint density at radius 1 is 1.53 bits per heavy atom. The Labute approximate surface area is 92.5 Å². The zero-order chi connectivity index (χ0) is 10.8. The van der Waals surface area contributed by atoms with Gasteiger partial charge in [-0.1, -0.05) is 11.6 Å². The van der Waals surface area contributed by atoms with Gasteiger partial charge in [0, 0.05) is 18.3 Å².